The molecule has 0 aliphatic heterocycles. The van der Waals surface area contributed by atoms with Crippen molar-refractivity contribution in [2.75, 3.05) is 4.72 Å². The van der Waals surface area contributed by atoms with Gasteiger partial charge in [0, 0.05) is 0 Å². The molecule has 0 amide bonds. The monoisotopic (exact) mass is 265 g/mol. The lowest BCUT2D eigenvalue weighted by Crippen LogP contribution is -2.22. The molecule has 0 aromatic heterocycles. The van der Waals surface area contributed by atoms with Crippen LogP contribution in [0.5, 0.6) is 0 Å². The fourth-order valence-electron chi connectivity index (χ4n) is 1.08. The second-order valence-electron chi connectivity index (χ2n) is 3.17. The number of hydrogen-bond acceptors (Lipinski definition) is 4. The molecule has 5 N–H and O–H groups in total. The Hall–Kier alpha value is -1.16. The van der Waals surface area contributed by atoms with E-state index in [-0.39, 0.29) is 10.6 Å². The number of nitrogens with one attached hydrogen (secondary N) is 1. The number of sulfonamides is 1. The minimum atomic E-state index is -3.88. The zero-order chi connectivity index (χ0) is 12.6. The van der Waals surface area contributed by atoms with E-state index >= 15 is 0 Å². The number of benzene rings is 1. The van der Waals surface area contributed by atoms with Crippen LogP contribution in [0.4, 0.5) is 5.69 Å². The smallest absolute Gasteiger partial charge is 0.271 e. The molecular formula is C7H11N3O4S2. The van der Waals surface area contributed by atoms with Gasteiger partial charge in [-0.05, 0) is 30.7 Å². The molecule has 1 rings (SSSR count). The van der Waals surface area contributed by atoms with Crippen LogP contribution in [0, 0.1) is 6.92 Å². The van der Waals surface area contributed by atoms with Crippen molar-refractivity contribution >= 4 is 25.9 Å². The van der Waals surface area contributed by atoms with Gasteiger partial charge < -0.3 is 0 Å². The average molecular weight is 265 g/mol. The molecule has 0 aliphatic carbocycles. The van der Waals surface area contributed by atoms with Gasteiger partial charge >= 0.3 is 0 Å². The van der Waals surface area contributed by atoms with Crippen LogP contribution >= 0.6 is 0 Å². The summed E-state index contributed by atoms with van der Waals surface area (Å²) in [6.45, 7) is 1.53. The molecule has 0 saturated heterocycles. The molecule has 0 radical (unpaired) electrons. The van der Waals surface area contributed by atoms with Crippen molar-refractivity contribution in [1.29, 1.82) is 0 Å². The van der Waals surface area contributed by atoms with Crippen LogP contribution in [0.3, 0.4) is 0 Å². The molecule has 0 fully saturated rings. The number of anilines is 1. The van der Waals surface area contributed by atoms with Crippen LogP contribution in [0.1, 0.15) is 5.56 Å². The van der Waals surface area contributed by atoms with Gasteiger partial charge in [-0.15, -0.1) is 0 Å². The first-order valence-electron chi connectivity index (χ1n) is 4.03. The first kappa shape index (κ1) is 12.9. The van der Waals surface area contributed by atoms with Gasteiger partial charge in [-0.1, -0.05) is 0 Å². The Bertz CT molecular complexity index is 607. The van der Waals surface area contributed by atoms with Crippen molar-refractivity contribution in [3.63, 3.8) is 0 Å². The normalized spacial score (nSPS) is 12.4. The quantitative estimate of drug-likeness (QED) is 0.663. The highest BCUT2D eigenvalue weighted by Crippen LogP contribution is 2.19. The van der Waals surface area contributed by atoms with Crippen LogP contribution in [0.25, 0.3) is 0 Å². The molecule has 0 spiro atoms. The second kappa shape index (κ2) is 4.01. The van der Waals surface area contributed by atoms with Crippen molar-refractivity contribution < 1.29 is 16.8 Å². The van der Waals surface area contributed by atoms with Crippen LogP contribution in [-0.2, 0) is 20.2 Å². The van der Waals surface area contributed by atoms with Crippen molar-refractivity contribution in [3.8, 4) is 0 Å². The summed E-state index contributed by atoms with van der Waals surface area (Å²) in [4.78, 5) is -0.0926. The molecule has 7 nitrogen and oxygen atoms in total. The molecule has 9 heteroatoms. The van der Waals surface area contributed by atoms with Gasteiger partial charge in [0.15, 0.2) is 0 Å². The topological polar surface area (TPSA) is 132 Å². The molecule has 1 aromatic rings. The Labute approximate surface area is 93.7 Å². The fourth-order valence-corrected chi connectivity index (χ4v) is 2.22. The Balaban J connectivity index is 3.21. The summed E-state index contributed by atoms with van der Waals surface area (Å²) < 4.78 is 45.6. The van der Waals surface area contributed by atoms with Gasteiger partial charge in [-0.25, -0.2) is 18.7 Å². The summed E-state index contributed by atoms with van der Waals surface area (Å²) >= 11 is 0. The first-order chi connectivity index (χ1) is 7.09. The summed E-state index contributed by atoms with van der Waals surface area (Å²) in [5, 5.41) is 9.69. The number of primary sulfonamides is 1. The van der Waals surface area contributed by atoms with E-state index in [1.54, 1.807) is 0 Å². The summed E-state index contributed by atoms with van der Waals surface area (Å²) in [6, 6.07) is 3.72. The van der Waals surface area contributed by atoms with E-state index in [0.29, 0.717) is 5.56 Å². The molecule has 0 saturated carbocycles. The molecule has 0 heterocycles. The number of hydrogen-bond donors (Lipinski definition) is 3. The fraction of sp³-hybridized carbons (Fsp3) is 0.143. The van der Waals surface area contributed by atoms with E-state index in [9.17, 15) is 16.8 Å². The maximum atomic E-state index is 11.0. The molecule has 16 heavy (non-hydrogen) atoms. The predicted octanol–water partition coefficient (Wildman–Crippen LogP) is -0.742. The lowest BCUT2D eigenvalue weighted by Gasteiger charge is -2.08. The molecule has 0 aliphatic rings. The number of aryl methyl sites for hydroxylation is 1. The maximum absolute atomic E-state index is 11.0. The van der Waals surface area contributed by atoms with Crippen LogP contribution < -0.4 is 15.0 Å². The van der Waals surface area contributed by atoms with Crippen molar-refractivity contribution in [2.24, 2.45) is 10.3 Å². The van der Waals surface area contributed by atoms with E-state index in [4.69, 9.17) is 10.3 Å². The highest BCUT2D eigenvalue weighted by molar-refractivity contribution is 7.90. The standard InChI is InChI=1S/C7H11N3O4S2/c1-5-4-6(15(8,11)12)2-3-7(5)10-16(9,13)14/h2-4,10H,1H3,(H2,8,11,12)(H2,9,13,14). The van der Waals surface area contributed by atoms with Crippen LogP contribution in [0.15, 0.2) is 23.1 Å². The summed E-state index contributed by atoms with van der Waals surface area (Å²) in [5.41, 5.74) is 0.607. The summed E-state index contributed by atoms with van der Waals surface area (Å²) in [7, 11) is -7.67. The van der Waals surface area contributed by atoms with Gasteiger partial charge in [0.1, 0.15) is 0 Å². The largest absolute Gasteiger partial charge is 0.296 e. The summed E-state index contributed by atoms with van der Waals surface area (Å²) in [5.74, 6) is 0. The molecule has 90 valence electrons. The number of nitrogens with two attached hydrogens (primary N) is 2. The lowest BCUT2D eigenvalue weighted by atomic mass is 10.2. The van der Waals surface area contributed by atoms with Crippen molar-refractivity contribution in [2.45, 2.75) is 11.8 Å². The van der Waals surface area contributed by atoms with Crippen molar-refractivity contribution in [1.82, 2.24) is 0 Å². The molecular weight excluding hydrogens is 254 g/mol. The SMILES string of the molecule is Cc1cc(S(N)(=O)=O)ccc1NS(N)(=O)=O. The first-order valence-corrected chi connectivity index (χ1v) is 7.13. The van der Waals surface area contributed by atoms with Gasteiger partial charge in [0.25, 0.3) is 10.2 Å². The molecule has 0 bridgehead atoms. The second-order valence-corrected chi connectivity index (χ2v) is 6.02. The summed E-state index contributed by atoms with van der Waals surface area (Å²) in [6.07, 6.45) is 0. The van der Waals surface area contributed by atoms with Gasteiger partial charge in [-0.2, -0.15) is 8.42 Å². The maximum Gasteiger partial charge on any atom is 0.296 e. The third-order valence-electron chi connectivity index (χ3n) is 1.78. The van der Waals surface area contributed by atoms with Crippen LogP contribution in [-0.4, -0.2) is 16.8 Å². The van der Waals surface area contributed by atoms with E-state index in [0.717, 1.165) is 0 Å². The Morgan fingerprint density at radius 2 is 1.69 bits per heavy atom. The zero-order valence-electron chi connectivity index (χ0n) is 8.34. The van der Waals surface area contributed by atoms with Gasteiger partial charge in [-0.3, -0.25) is 4.72 Å². The minimum Gasteiger partial charge on any atom is -0.271 e. The zero-order valence-corrected chi connectivity index (χ0v) is 9.97. The Kier molecular flexibility index (Phi) is 3.24. The highest BCUT2D eigenvalue weighted by Gasteiger charge is 2.11. The predicted molar refractivity (Wildman–Crippen MR) is 59.3 cm³/mol. The van der Waals surface area contributed by atoms with Crippen LogP contribution in [0.2, 0.25) is 0 Å². The van der Waals surface area contributed by atoms with E-state index in [2.05, 4.69) is 0 Å². The van der Waals surface area contributed by atoms with Gasteiger partial charge in [0.2, 0.25) is 10.0 Å². The van der Waals surface area contributed by atoms with E-state index in [1.807, 2.05) is 4.72 Å². The number of rotatable bonds is 3. The molecule has 1 aromatic carbocycles. The van der Waals surface area contributed by atoms with E-state index in [1.165, 1.54) is 25.1 Å². The third kappa shape index (κ3) is 3.45. The average Bonchev–Trinajstić information content (AvgIpc) is 2.04. The van der Waals surface area contributed by atoms with Crippen molar-refractivity contribution in [3.05, 3.63) is 23.8 Å². The Morgan fingerprint density at radius 3 is 2.06 bits per heavy atom. The minimum absolute atomic E-state index is 0.0926. The Morgan fingerprint density at radius 1 is 1.12 bits per heavy atom. The molecule has 0 atom stereocenters. The highest BCUT2D eigenvalue weighted by atomic mass is 32.2. The molecule has 0 unspecified atom stereocenters. The third-order valence-corrected chi connectivity index (χ3v) is 3.19. The van der Waals surface area contributed by atoms with E-state index < -0.39 is 20.2 Å². The lowest BCUT2D eigenvalue weighted by molar-refractivity contribution is 0.597. The van der Waals surface area contributed by atoms with Gasteiger partial charge in [0.05, 0.1) is 10.6 Å².